The molecule has 3 rings (SSSR count). The summed E-state index contributed by atoms with van der Waals surface area (Å²) in [6.07, 6.45) is -2.51. The predicted octanol–water partition coefficient (Wildman–Crippen LogP) is 6.61. The molecule has 0 radical (unpaired) electrons. The Kier molecular flexibility index (Phi) is 11.1. The zero-order valence-corrected chi connectivity index (χ0v) is 25.5. The van der Waals surface area contributed by atoms with Gasteiger partial charge in [0.15, 0.2) is 0 Å². The highest BCUT2D eigenvalue weighted by atomic mass is 35.5. The number of ether oxygens (including phenoxy) is 3. The number of pyridine rings is 1. The number of hydrogen-bond acceptors (Lipinski definition) is 8. The highest BCUT2D eigenvalue weighted by Gasteiger charge is 2.33. The van der Waals surface area contributed by atoms with Crippen molar-refractivity contribution in [3.8, 4) is 16.9 Å². The van der Waals surface area contributed by atoms with Crippen LogP contribution < -0.4 is 9.64 Å². The topological polar surface area (TPSA) is 107 Å². The summed E-state index contributed by atoms with van der Waals surface area (Å²) in [7, 11) is 2.94. The Morgan fingerprint density at radius 3 is 2.39 bits per heavy atom. The van der Waals surface area contributed by atoms with Crippen LogP contribution in [0.4, 0.5) is 18.9 Å². The molecule has 13 heteroatoms. The number of halogens is 4. The van der Waals surface area contributed by atoms with Crippen LogP contribution in [-0.4, -0.2) is 56.5 Å². The number of carbonyl (C=O) groups is 3. The summed E-state index contributed by atoms with van der Waals surface area (Å²) in [5.74, 6) is -1.32. The summed E-state index contributed by atoms with van der Waals surface area (Å²) in [5, 5.41) is 0.195. The Bertz CT molecular complexity index is 1550. The van der Waals surface area contributed by atoms with Gasteiger partial charge in [-0.2, -0.15) is 13.2 Å². The third kappa shape index (κ3) is 8.79. The monoisotopic (exact) mass is 633 g/mol. The number of nitrogens with zero attached hydrogens (tertiary/aromatic N) is 3. The van der Waals surface area contributed by atoms with Crippen LogP contribution in [0.15, 0.2) is 59.7 Å². The molecule has 234 valence electrons. The van der Waals surface area contributed by atoms with E-state index in [1.165, 1.54) is 43.4 Å². The molecule has 0 spiro atoms. The minimum atomic E-state index is -4.66. The van der Waals surface area contributed by atoms with Gasteiger partial charge in [-0.25, -0.2) is 0 Å². The summed E-state index contributed by atoms with van der Waals surface area (Å²) in [5.41, 5.74) is -0.575. The lowest BCUT2D eigenvalue weighted by Gasteiger charge is -2.21. The number of esters is 2. The second-order valence-corrected chi connectivity index (χ2v) is 10.9. The van der Waals surface area contributed by atoms with Crippen molar-refractivity contribution < 1.29 is 41.8 Å². The van der Waals surface area contributed by atoms with E-state index in [4.69, 9.17) is 25.8 Å². The molecule has 0 fully saturated rings. The number of alkyl halides is 3. The molecule has 0 saturated carbocycles. The van der Waals surface area contributed by atoms with Gasteiger partial charge in [0.25, 0.3) is 5.91 Å². The number of hydrogen-bond donors (Lipinski definition) is 0. The lowest BCUT2D eigenvalue weighted by Crippen LogP contribution is -2.27. The zero-order chi connectivity index (χ0) is 32.7. The average molecular weight is 634 g/mol. The summed E-state index contributed by atoms with van der Waals surface area (Å²) < 4.78 is 55.4. The number of rotatable bonds is 10. The maximum Gasteiger partial charge on any atom is 0.433 e. The zero-order valence-electron chi connectivity index (χ0n) is 24.7. The summed E-state index contributed by atoms with van der Waals surface area (Å²) >= 11 is 6.41. The molecule has 0 aliphatic rings. The first kappa shape index (κ1) is 34.0. The highest BCUT2D eigenvalue weighted by molar-refractivity contribution is 6.33. The van der Waals surface area contributed by atoms with Gasteiger partial charge in [0.1, 0.15) is 11.4 Å². The minimum Gasteiger partial charge on any atom is -0.491 e. The Morgan fingerprint density at radius 1 is 1.02 bits per heavy atom. The number of aromatic nitrogens is 1. The lowest BCUT2D eigenvalue weighted by molar-refractivity contribution is -0.173. The molecular weight excluding hydrogens is 603 g/mol. The molecule has 0 saturated heterocycles. The van der Waals surface area contributed by atoms with Crippen LogP contribution in [0.2, 0.25) is 5.02 Å². The van der Waals surface area contributed by atoms with Crippen molar-refractivity contribution in [2.24, 2.45) is 10.4 Å². The maximum absolute atomic E-state index is 13.5. The van der Waals surface area contributed by atoms with Gasteiger partial charge in [0, 0.05) is 53.8 Å². The highest BCUT2D eigenvalue weighted by Crippen LogP contribution is 2.35. The smallest absolute Gasteiger partial charge is 0.433 e. The molecule has 44 heavy (non-hydrogen) atoms. The van der Waals surface area contributed by atoms with Crippen molar-refractivity contribution in [3.05, 3.63) is 76.6 Å². The van der Waals surface area contributed by atoms with E-state index in [1.54, 1.807) is 45.0 Å². The fraction of sp³-hybridized carbons (Fsp3) is 0.323. The van der Waals surface area contributed by atoms with Crippen LogP contribution >= 0.6 is 11.6 Å². The number of carbonyl (C=O) groups excluding carboxylic acids is 3. The molecule has 1 aromatic heterocycles. The summed E-state index contributed by atoms with van der Waals surface area (Å²) in [4.78, 5) is 46.1. The molecule has 0 atom stereocenters. The molecule has 1 heterocycles. The molecule has 9 nitrogen and oxygen atoms in total. The molecule has 0 unspecified atom stereocenters. The fourth-order valence-corrected chi connectivity index (χ4v) is 4.02. The quantitative estimate of drug-likeness (QED) is 0.141. The van der Waals surface area contributed by atoms with E-state index in [9.17, 15) is 27.6 Å². The SMILES string of the molecule is CN=Cc1cc(C(F)(F)F)ncc1-c1cc(C(=O)N(C)c2ccccc2OCCC(=O)OCOC(=O)C(C)(C)C)ccc1Cl. The van der Waals surface area contributed by atoms with E-state index in [2.05, 4.69) is 9.98 Å². The standard InChI is InChI=1S/C31H31ClF3N3O6/c1-30(2,3)29(41)44-18-43-27(39)12-13-42-25-9-7-6-8-24(25)38(5)28(40)19-10-11-23(32)21(14-19)22-17-37-26(31(33,34)35)15-20(22)16-36-4/h6-11,14-17H,12-13,18H2,1-5H3. The largest absolute Gasteiger partial charge is 0.491 e. The van der Waals surface area contributed by atoms with E-state index < -0.39 is 41.9 Å². The van der Waals surface area contributed by atoms with Crippen molar-refractivity contribution in [1.29, 1.82) is 0 Å². The van der Waals surface area contributed by atoms with Crippen LogP contribution in [0.25, 0.3) is 11.1 Å². The van der Waals surface area contributed by atoms with Gasteiger partial charge in [0.05, 0.1) is 24.1 Å². The number of para-hydroxylation sites is 2. The second-order valence-electron chi connectivity index (χ2n) is 10.5. The van der Waals surface area contributed by atoms with Gasteiger partial charge in [0.2, 0.25) is 6.79 Å². The Hall–Kier alpha value is -4.45. The van der Waals surface area contributed by atoms with Crippen LogP contribution in [0.3, 0.4) is 0 Å². The van der Waals surface area contributed by atoms with Crippen LogP contribution in [-0.2, 0) is 25.2 Å². The second kappa shape index (κ2) is 14.3. The molecule has 2 aromatic carbocycles. The molecule has 0 aliphatic heterocycles. The van der Waals surface area contributed by atoms with Crippen LogP contribution in [0.5, 0.6) is 5.75 Å². The van der Waals surface area contributed by atoms with E-state index >= 15 is 0 Å². The summed E-state index contributed by atoms with van der Waals surface area (Å²) in [6.45, 7) is 4.42. The van der Waals surface area contributed by atoms with E-state index in [0.29, 0.717) is 17.0 Å². The van der Waals surface area contributed by atoms with Crippen molar-refractivity contribution in [3.63, 3.8) is 0 Å². The Balaban J connectivity index is 1.76. The van der Waals surface area contributed by atoms with Gasteiger partial charge < -0.3 is 19.1 Å². The molecule has 0 aliphatic carbocycles. The Labute approximate surface area is 257 Å². The third-order valence-electron chi connectivity index (χ3n) is 6.12. The maximum atomic E-state index is 13.5. The number of benzene rings is 2. The van der Waals surface area contributed by atoms with E-state index in [-0.39, 0.29) is 34.7 Å². The van der Waals surface area contributed by atoms with Gasteiger partial charge in [-0.15, -0.1) is 0 Å². The van der Waals surface area contributed by atoms with Gasteiger partial charge in [-0.1, -0.05) is 23.7 Å². The molecule has 1 amide bonds. The van der Waals surface area contributed by atoms with Crippen molar-refractivity contribution in [1.82, 2.24) is 4.98 Å². The van der Waals surface area contributed by atoms with Gasteiger partial charge in [-0.3, -0.25) is 24.4 Å². The van der Waals surface area contributed by atoms with Gasteiger partial charge in [-0.05, 0) is 57.2 Å². The lowest BCUT2D eigenvalue weighted by atomic mass is 9.98. The summed E-state index contributed by atoms with van der Waals surface area (Å²) in [6, 6.07) is 11.9. The minimum absolute atomic E-state index is 0.0845. The Morgan fingerprint density at radius 2 is 1.73 bits per heavy atom. The third-order valence-corrected chi connectivity index (χ3v) is 6.44. The fourth-order valence-electron chi connectivity index (χ4n) is 3.80. The molecular formula is C31H31ClF3N3O6. The van der Waals surface area contributed by atoms with Crippen molar-refractivity contribution >= 4 is 41.3 Å². The predicted molar refractivity (Wildman–Crippen MR) is 159 cm³/mol. The van der Waals surface area contributed by atoms with Crippen LogP contribution in [0, 0.1) is 5.41 Å². The number of amides is 1. The first-order chi connectivity index (χ1) is 20.6. The van der Waals surface area contributed by atoms with E-state index in [0.717, 1.165) is 12.3 Å². The molecule has 3 aromatic rings. The average Bonchev–Trinajstić information content (AvgIpc) is 2.96. The number of aliphatic imine (C=N–C) groups is 1. The van der Waals surface area contributed by atoms with Crippen molar-refractivity contribution in [2.45, 2.75) is 33.4 Å². The van der Waals surface area contributed by atoms with Gasteiger partial charge >= 0.3 is 18.1 Å². The molecule has 0 N–H and O–H groups in total. The van der Waals surface area contributed by atoms with Crippen molar-refractivity contribution in [2.75, 3.05) is 32.4 Å². The number of anilines is 1. The van der Waals surface area contributed by atoms with E-state index in [1.807, 2.05) is 0 Å². The first-order valence-corrected chi connectivity index (χ1v) is 13.6. The molecule has 0 bridgehead atoms. The first-order valence-electron chi connectivity index (χ1n) is 13.3. The van der Waals surface area contributed by atoms with Crippen LogP contribution in [0.1, 0.15) is 48.8 Å². The normalized spacial score (nSPS) is 11.8.